The molecular formula is C17H12BrF5N4. The number of rotatable bonds is 5. The second-order valence-electron chi connectivity index (χ2n) is 5.64. The van der Waals surface area contributed by atoms with Crippen molar-refractivity contribution in [3.8, 4) is 0 Å². The van der Waals surface area contributed by atoms with Crippen LogP contribution in [0.25, 0.3) is 11.3 Å². The van der Waals surface area contributed by atoms with Crippen LogP contribution in [0.5, 0.6) is 0 Å². The lowest BCUT2D eigenvalue weighted by atomic mass is 10.2. The van der Waals surface area contributed by atoms with E-state index in [4.69, 9.17) is 0 Å². The maximum atomic E-state index is 13.3. The minimum atomic E-state index is -4.58. The third-order valence-corrected chi connectivity index (χ3v) is 4.30. The maximum Gasteiger partial charge on any atom is 0.435 e. The lowest BCUT2D eigenvalue weighted by Gasteiger charge is -2.11. The fourth-order valence-corrected chi connectivity index (χ4v) is 2.77. The first kappa shape index (κ1) is 19.3. The van der Waals surface area contributed by atoms with Gasteiger partial charge in [0.15, 0.2) is 23.0 Å². The second-order valence-corrected chi connectivity index (χ2v) is 6.20. The molecule has 0 aliphatic rings. The summed E-state index contributed by atoms with van der Waals surface area (Å²) >= 11 is 3.21. The van der Waals surface area contributed by atoms with Crippen LogP contribution in [0.1, 0.15) is 22.6 Å². The molecule has 0 unspecified atom stereocenters. The molecule has 3 aromatic rings. The van der Waals surface area contributed by atoms with Gasteiger partial charge in [0.05, 0.1) is 17.1 Å². The van der Waals surface area contributed by atoms with Gasteiger partial charge in [-0.15, -0.1) is 0 Å². The smallest absolute Gasteiger partial charge is 0.380 e. The Labute approximate surface area is 158 Å². The summed E-state index contributed by atoms with van der Waals surface area (Å²) in [5.41, 5.74) is 0.522. The zero-order valence-electron chi connectivity index (χ0n) is 13.6. The molecule has 2 heterocycles. The van der Waals surface area contributed by atoms with E-state index >= 15 is 0 Å². The van der Waals surface area contributed by atoms with Crippen molar-refractivity contribution in [1.82, 2.24) is 19.9 Å². The number of aromatic nitrogens is 3. The van der Waals surface area contributed by atoms with E-state index < -0.39 is 23.5 Å². The van der Waals surface area contributed by atoms with Gasteiger partial charge in [-0.2, -0.15) is 18.3 Å². The van der Waals surface area contributed by atoms with Crippen LogP contribution in [-0.4, -0.2) is 14.6 Å². The lowest BCUT2D eigenvalue weighted by Crippen LogP contribution is -2.13. The molecule has 3 rings (SSSR count). The SMILES string of the molecule is C=C(NCc1ccc(F)c(F)c1)c1cc(CBr)n2nc(C(F)(F)F)cc2n1. The van der Waals surface area contributed by atoms with Crippen molar-refractivity contribution in [2.24, 2.45) is 0 Å². The summed E-state index contributed by atoms with van der Waals surface area (Å²) in [5, 5.41) is 6.68. The standard InChI is InChI=1S/C17H12BrF5N4/c1-9(24-8-10-2-3-12(19)13(20)4-10)14-5-11(7-18)27-16(25-14)6-15(26-27)17(21,22)23/h2-6,24H,1,7-8H2. The van der Waals surface area contributed by atoms with E-state index in [-0.39, 0.29) is 17.5 Å². The second kappa shape index (κ2) is 7.26. The topological polar surface area (TPSA) is 42.2 Å². The molecule has 1 aromatic carbocycles. The fourth-order valence-electron chi connectivity index (χ4n) is 2.37. The van der Waals surface area contributed by atoms with Crippen molar-refractivity contribution < 1.29 is 22.0 Å². The predicted molar refractivity (Wildman–Crippen MR) is 92.9 cm³/mol. The molecule has 0 saturated carbocycles. The average Bonchev–Trinajstić information content (AvgIpc) is 3.06. The van der Waals surface area contributed by atoms with E-state index in [2.05, 4.69) is 37.9 Å². The zero-order chi connectivity index (χ0) is 19.8. The summed E-state index contributed by atoms with van der Waals surface area (Å²) in [4.78, 5) is 4.15. The molecule has 10 heteroatoms. The Morgan fingerprint density at radius 1 is 1.15 bits per heavy atom. The minimum Gasteiger partial charge on any atom is -0.380 e. The minimum absolute atomic E-state index is 0.0186. The Morgan fingerprint density at radius 2 is 1.89 bits per heavy atom. The number of fused-ring (bicyclic) bond motifs is 1. The van der Waals surface area contributed by atoms with Crippen molar-refractivity contribution in [3.05, 3.63) is 71.2 Å². The Balaban J connectivity index is 1.86. The Hall–Kier alpha value is -2.49. The highest BCUT2D eigenvalue weighted by Gasteiger charge is 2.34. The Kier molecular flexibility index (Phi) is 5.18. The van der Waals surface area contributed by atoms with Crippen LogP contribution in [0.15, 0.2) is 36.9 Å². The lowest BCUT2D eigenvalue weighted by molar-refractivity contribution is -0.141. The van der Waals surface area contributed by atoms with E-state index in [1.165, 1.54) is 12.1 Å². The highest BCUT2D eigenvalue weighted by molar-refractivity contribution is 9.08. The van der Waals surface area contributed by atoms with Gasteiger partial charge in [0.25, 0.3) is 0 Å². The third kappa shape index (κ3) is 4.10. The molecular weight excluding hydrogens is 435 g/mol. The van der Waals surface area contributed by atoms with Gasteiger partial charge in [0, 0.05) is 17.9 Å². The average molecular weight is 447 g/mol. The summed E-state index contributed by atoms with van der Waals surface area (Å²) in [6.45, 7) is 3.95. The van der Waals surface area contributed by atoms with Crippen LogP contribution in [0.2, 0.25) is 0 Å². The molecule has 4 nitrogen and oxygen atoms in total. The number of halogens is 6. The molecule has 0 atom stereocenters. The first-order chi connectivity index (χ1) is 12.7. The molecule has 0 spiro atoms. The normalized spacial score (nSPS) is 11.8. The van der Waals surface area contributed by atoms with Crippen LogP contribution in [0.3, 0.4) is 0 Å². The summed E-state index contributed by atoms with van der Waals surface area (Å²) < 4.78 is 66.0. The number of nitrogens with one attached hydrogen (secondary N) is 1. The number of hydrogen-bond donors (Lipinski definition) is 1. The summed E-state index contributed by atoms with van der Waals surface area (Å²) in [6, 6.07) is 5.84. The van der Waals surface area contributed by atoms with E-state index in [0.29, 0.717) is 22.6 Å². The van der Waals surface area contributed by atoms with Crippen molar-refractivity contribution >= 4 is 27.3 Å². The first-order valence-corrected chi connectivity index (χ1v) is 8.71. The number of benzene rings is 1. The maximum absolute atomic E-state index is 13.3. The van der Waals surface area contributed by atoms with Gasteiger partial charge >= 0.3 is 6.18 Å². The number of hydrogen-bond acceptors (Lipinski definition) is 3. The number of alkyl halides is 4. The van der Waals surface area contributed by atoms with E-state index in [9.17, 15) is 22.0 Å². The molecule has 0 saturated heterocycles. The van der Waals surface area contributed by atoms with Gasteiger partial charge < -0.3 is 5.32 Å². The van der Waals surface area contributed by atoms with Gasteiger partial charge in [-0.1, -0.05) is 28.6 Å². The van der Waals surface area contributed by atoms with Gasteiger partial charge in [-0.3, -0.25) is 0 Å². The molecule has 1 N–H and O–H groups in total. The molecule has 0 amide bonds. The summed E-state index contributed by atoms with van der Waals surface area (Å²) in [6.07, 6.45) is -4.58. The summed E-state index contributed by atoms with van der Waals surface area (Å²) in [5.74, 6) is -1.92. The monoisotopic (exact) mass is 446 g/mol. The van der Waals surface area contributed by atoms with Crippen molar-refractivity contribution in [2.75, 3.05) is 0 Å². The molecule has 0 fully saturated rings. The zero-order valence-corrected chi connectivity index (χ0v) is 15.2. The van der Waals surface area contributed by atoms with Crippen molar-refractivity contribution in [1.29, 1.82) is 0 Å². The fraction of sp³-hybridized carbons (Fsp3) is 0.176. The molecule has 0 aliphatic heterocycles. The van der Waals surface area contributed by atoms with Crippen LogP contribution >= 0.6 is 15.9 Å². The van der Waals surface area contributed by atoms with Gasteiger partial charge in [-0.25, -0.2) is 18.3 Å². The van der Waals surface area contributed by atoms with Crippen LogP contribution < -0.4 is 5.32 Å². The first-order valence-electron chi connectivity index (χ1n) is 7.59. The molecule has 142 valence electrons. The molecule has 2 aromatic heterocycles. The van der Waals surface area contributed by atoms with Gasteiger partial charge in [-0.05, 0) is 23.8 Å². The molecule has 0 radical (unpaired) electrons. The molecule has 0 bridgehead atoms. The van der Waals surface area contributed by atoms with Crippen LogP contribution in [0.4, 0.5) is 22.0 Å². The van der Waals surface area contributed by atoms with E-state index in [1.807, 2.05) is 0 Å². The van der Waals surface area contributed by atoms with Crippen LogP contribution in [0, 0.1) is 11.6 Å². The molecule has 27 heavy (non-hydrogen) atoms. The highest BCUT2D eigenvalue weighted by atomic mass is 79.9. The van der Waals surface area contributed by atoms with Gasteiger partial charge in [0.1, 0.15) is 0 Å². The largest absolute Gasteiger partial charge is 0.435 e. The number of nitrogens with zero attached hydrogens (tertiary/aromatic N) is 3. The quantitative estimate of drug-likeness (QED) is 0.456. The van der Waals surface area contributed by atoms with Gasteiger partial charge in [0.2, 0.25) is 0 Å². The van der Waals surface area contributed by atoms with Crippen molar-refractivity contribution in [3.63, 3.8) is 0 Å². The Bertz CT molecular complexity index is 1010. The Morgan fingerprint density at radius 3 is 2.52 bits per heavy atom. The molecule has 0 aliphatic carbocycles. The van der Waals surface area contributed by atoms with Crippen LogP contribution in [-0.2, 0) is 18.1 Å². The summed E-state index contributed by atoms with van der Waals surface area (Å²) in [7, 11) is 0. The van der Waals surface area contributed by atoms with E-state index in [0.717, 1.165) is 22.7 Å². The predicted octanol–water partition coefficient (Wildman–Crippen LogP) is 4.68. The highest BCUT2D eigenvalue weighted by Crippen LogP contribution is 2.29. The van der Waals surface area contributed by atoms with Crippen molar-refractivity contribution in [2.45, 2.75) is 18.1 Å². The van der Waals surface area contributed by atoms with E-state index in [1.54, 1.807) is 0 Å². The third-order valence-electron chi connectivity index (χ3n) is 3.73.